The van der Waals surface area contributed by atoms with E-state index in [2.05, 4.69) is 18.9 Å². The minimum Gasteiger partial charge on any atom is -0.324 e. The van der Waals surface area contributed by atoms with Crippen LogP contribution in [0.25, 0.3) is 5.69 Å². The average Bonchev–Trinajstić information content (AvgIpc) is 2.64. The molecule has 0 aliphatic heterocycles. The minimum absolute atomic E-state index is 0.0155. The van der Waals surface area contributed by atoms with Gasteiger partial charge in [-0.3, -0.25) is 0 Å². The Morgan fingerprint density at radius 2 is 2.05 bits per heavy atom. The van der Waals surface area contributed by atoms with E-state index in [1.807, 2.05) is 36.7 Å². The first-order chi connectivity index (χ1) is 8.95. The third-order valence-electron chi connectivity index (χ3n) is 3.52. The quantitative estimate of drug-likeness (QED) is 0.929. The Kier molecular flexibility index (Phi) is 3.97. The van der Waals surface area contributed by atoms with Gasteiger partial charge in [-0.25, -0.2) is 4.68 Å². The van der Waals surface area contributed by atoms with Crippen molar-refractivity contribution in [3.05, 3.63) is 45.7 Å². The maximum atomic E-state index is 6.37. The normalized spacial score (nSPS) is 12.7. The monoisotopic (exact) mass is 277 g/mol. The first-order valence-electron chi connectivity index (χ1n) is 6.56. The summed E-state index contributed by atoms with van der Waals surface area (Å²) in [7, 11) is 0. The van der Waals surface area contributed by atoms with Crippen LogP contribution in [-0.4, -0.2) is 9.78 Å². The lowest BCUT2D eigenvalue weighted by Crippen LogP contribution is -2.06. The fraction of sp³-hybridized carbons (Fsp3) is 0.400. The van der Waals surface area contributed by atoms with Gasteiger partial charge >= 0.3 is 0 Å². The molecule has 0 saturated carbocycles. The van der Waals surface area contributed by atoms with Crippen molar-refractivity contribution in [2.24, 2.45) is 5.73 Å². The molecule has 2 aromatic rings. The van der Waals surface area contributed by atoms with Gasteiger partial charge < -0.3 is 5.73 Å². The highest BCUT2D eigenvalue weighted by atomic mass is 35.5. The number of rotatable bonds is 3. The highest BCUT2D eigenvalue weighted by Crippen LogP contribution is 2.26. The Labute approximate surface area is 119 Å². The maximum absolute atomic E-state index is 6.37. The van der Waals surface area contributed by atoms with Crippen molar-refractivity contribution in [1.82, 2.24) is 9.78 Å². The van der Waals surface area contributed by atoms with E-state index in [4.69, 9.17) is 17.3 Å². The van der Waals surface area contributed by atoms with Gasteiger partial charge in [0.25, 0.3) is 0 Å². The summed E-state index contributed by atoms with van der Waals surface area (Å²) >= 11 is 6.37. The molecule has 1 aromatic heterocycles. The summed E-state index contributed by atoms with van der Waals surface area (Å²) in [6, 6.07) is 5.90. The predicted molar refractivity (Wildman–Crippen MR) is 80.0 cm³/mol. The Morgan fingerprint density at radius 1 is 1.37 bits per heavy atom. The lowest BCUT2D eigenvalue weighted by molar-refractivity contribution is 0.808. The van der Waals surface area contributed by atoms with Crippen molar-refractivity contribution in [2.45, 2.75) is 40.2 Å². The summed E-state index contributed by atoms with van der Waals surface area (Å²) in [6.45, 7) is 8.20. The highest BCUT2D eigenvalue weighted by Gasteiger charge is 2.14. The molecule has 1 aromatic carbocycles. The number of hydrogen-bond acceptors (Lipinski definition) is 2. The van der Waals surface area contributed by atoms with Crippen molar-refractivity contribution in [3.8, 4) is 5.69 Å². The van der Waals surface area contributed by atoms with Crippen molar-refractivity contribution in [3.63, 3.8) is 0 Å². The minimum atomic E-state index is -0.0155. The number of benzene rings is 1. The number of aryl methyl sites for hydroxylation is 1. The van der Waals surface area contributed by atoms with Crippen LogP contribution in [-0.2, 0) is 6.42 Å². The van der Waals surface area contributed by atoms with Crippen molar-refractivity contribution < 1.29 is 0 Å². The second kappa shape index (κ2) is 5.35. The second-order valence-electron chi connectivity index (χ2n) is 4.91. The van der Waals surface area contributed by atoms with Crippen LogP contribution in [0.1, 0.15) is 42.4 Å². The zero-order chi connectivity index (χ0) is 14.2. The molecule has 0 bridgehead atoms. The molecule has 0 fully saturated rings. The molecule has 0 spiro atoms. The molecule has 0 aliphatic rings. The third kappa shape index (κ3) is 2.53. The molecule has 2 rings (SSSR count). The zero-order valence-corrected chi connectivity index (χ0v) is 12.6. The van der Waals surface area contributed by atoms with E-state index in [0.29, 0.717) is 5.02 Å². The molecular weight excluding hydrogens is 258 g/mol. The molecule has 1 unspecified atom stereocenters. The molecule has 1 heterocycles. The van der Waals surface area contributed by atoms with Gasteiger partial charge in [0.05, 0.1) is 16.4 Å². The number of nitrogens with two attached hydrogens (primary N) is 1. The van der Waals surface area contributed by atoms with Crippen LogP contribution in [0.4, 0.5) is 0 Å². The molecule has 0 radical (unpaired) electrons. The van der Waals surface area contributed by atoms with Gasteiger partial charge in [-0.2, -0.15) is 5.10 Å². The SMILES string of the molecule is CCc1c(C)nn(-c2ccc(C(C)N)cc2Cl)c1C. The first kappa shape index (κ1) is 14.1. The fourth-order valence-electron chi connectivity index (χ4n) is 2.40. The Balaban J connectivity index is 2.54. The standard InChI is InChI=1S/C15H20ClN3/c1-5-13-10(3)18-19(11(13)4)15-7-6-12(9(2)17)8-14(15)16/h6-9H,5,17H2,1-4H3. The Bertz CT molecular complexity index is 600. The van der Waals surface area contributed by atoms with Crippen LogP contribution in [0.5, 0.6) is 0 Å². The first-order valence-corrected chi connectivity index (χ1v) is 6.94. The van der Waals surface area contributed by atoms with Crippen LogP contribution in [0, 0.1) is 13.8 Å². The zero-order valence-electron chi connectivity index (χ0n) is 11.9. The summed E-state index contributed by atoms with van der Waals surface area (Å²) in [5, 5.41) is 5.27. The van der Waals surface area contributed by atoms with Gasteiger partial charge in [0, 0.05) is 11.7 Å². The van der Waals surface area contributed by atoms with Crippen molar-refractivity contribution in [2.75, 3.05) is 0 Å². The molecular formula is C15H20ClN3. The summed E-state index contributed by atoms with van der Waals surface area (Å²) in [4.78, 5) is 0. The van der Waals surface area contributed by atoms with Crippen LogP contribution in [0.15, 0.2) is 18.2 Å². The smallest absolute Gasteiger partial charge is 0.0835 e. The van der Waals surface area contributed by atoms with E-state index >= 15 is 0 Å². The topological polar surface area (TPSA) is 43.8 Å². The molecule has 1 atom stereocenters. The number of halogens is 1. The van der Waals surface area contributed by atoms with Gasteiger partial charge in [-0.1, -0.05) is 24.6 Å². The summed E-state index contributed by atoms with van der Waals surface area (Å²) in [5.74, 6) is 0. The maximum Gasteiger partial charge on any atom is 0.0835 e. The van der Waals surface area contributed by atoms with E-state index in [1.165, 1.54) is 5.56 Å². The number of aromatic nitrogens is 2. The van der Waals surface area contributed by atoms with Crippen molar-refractivity contribution >= 4 is 11.6 Å². The molecule has 0 amide bonds. The van der Waals surface area contributed by atoms with Gasteiger partial charge in [-0.05, 0) is 50.5 Å². The molecule has 19 heavy (non-hydrogen) atoms. The largest absolute Gasteiger partial charge is 0.324 e. The Morgan fingerprint density at radius 3 is 2.53 bits per heavy atom. The Hall–Kier alpha value is -1.32. The lowest BCUT2D eigenvalue weighted by atomic mass is 10.1. The highest BCUT2D eigenvalue weighted by molar-refractivity contribution is 6.32. The van der Waals surface area contributed by atoms with Crippen molar-refractivity contribution in [1.29, 1.82) is 0 Å². The van der Waals surface area contributed by atoms with E-state index in [9.17, 15) is 0 Å². The van der Waals surface area contributed by atoms with Gasteiger partial charge in [0.15, 0.2) is 0 Å². The molecule has 0 aliphatic carbocycles. The lowest BCUT2D eigenvalue weighted by Gasteiger charge is -2.11. The summed E-state index contributed by atoms with van der Waals surface area (Å²) in [5.41, 5.74) is 11.3. The summed E-state index contributed by atoms with van der Waals surface area (Å²) in [6.07, 6.45) is 0.979. The summed E-state index contributed by atoms with van der Waals surface area (Å²) < 4.78 is 1.92. The second-order valence-corrected chi connectivity index (χ2v) is 5.32. The van der Waals surface area contributed by atoms with E-state index in [1.54, 1.807) is 0 Å². The molecule has 2 N–H and O–H groups in total. The molecule has 4 heteroatoms. The van der Waals surface area contributed by atoms with Gasteiger partial charge in [0.1, 0.15) is 0 Å². The fourth-order valence-corrected chi connectivity index (χ4v) is 2.67. The number of hydrogen-bond donors (Lipinski definition) is 1. The van der Waals surface area contributed by atoms with Crippen LogP contribution in [0.3, 0.4) is 0 Å². The average molecular weight is 278 g/mol. The predicted octanol–water partition coefficient (Wildman–Crippen LogP) is 3.72. The van der Waals surface area contributed by atoms with Gasteiger partial charge in [-0.15, -0.1) is 0 Å². The third-order valence-corrected chi connectivity index (χ3v) is 3.82. The molecule has 3 nitrogen and oxygen atoms in total. The van der Waals surface area contributed by atoms with Crippen LogP contribution < -0.4 is 5.73 Å². The van der Waals surface area contributed by atoms with E-state index < -0.39 is 0 Å². The van der Waals surface area contributed by atoms with Crippen LogP contribution in [0.2, 0.25) is 5.02 Å². The molecule has 0 saturated heterocycles. The van der Waals surface area contributed by atoms with Gasteiger partial charge in [0.2, 0.25) is 0 Å². The van der Waals surface area contributed by atoms with Crippen LogP contribution >= 0.6 is 11.6 Å². The number of nitrogens with zero attached hydrogens (tertiary/aromatic N) is 2. The van der Waals surface area contributed by atoms with E-state index in [-0.39, 0.29) is 6.04 Å². The molecule has 102 valence electrons. The van der Waals surface area contributed by atoms with E-state index in [0.717, 1.165) is 29.1 Å².